The van der Waals surface area contributed by atoms with Crippen molar-refractivity contribution < 1.29 is 9.90 Å². The number of para-hydroxylation sites is 1. The average molecular weight is 389 g/mol. The molecule has 0 spiro atoms. The predicted molar refractivity (Wildman–Crippen MR) is 89.2 cm³/mol. The van der Waals surface area contributed by atoms with Gasteiger partial charge >= 0.3 is 5.97 Å². The van der Waals surface area contributed by atoms with Crippen molar-refractivity contribution in [1.82, 2.24) is 0 Å². The third-order valence-corrected chi connectivity index (χ3v) is 4.41. The number of rotatable bonds is 4. The SMILES string of the molecule is CC(Nc1ccccc1Br)(C(=O)O)c1cc(Cl)ccc1Cl. The van der Waals surface area contributed by atoms with Crippen LogP contribution in [0.15, 0.2) is 46.9 Å². The average Bonchev–Trinajstić information content (AvgIpc) is 2.43. The second kappa shape index (κ2) is 6.26. The van der Waals surface area contributed by atoms with E-state index in [0.717, 1.165) is 4.47 Å². The van der Waals surface area contributed by atoms with Crippen molar-refractivity contribution in [2.24, 2.45) is 0 Å². The van der Waals surface area contributed by atoms with Gasteiger partial charge in [0, 0.05) is 25.8 Å². The Bertz CT molecular complexity index is 693. The topological polar surface area (TPSA) is 49.3 Å². The van der Waals surface area contributed by atoms with Crippen LogP contribution < -0.4 is 5.32 Å². The van der Waals surface area contributed by atoms with Crippen molar-refractivity contribution >= 4 is 50.8 Å². The maximum atomic E-state index is 11.8. The number of benzene rings is 2. The Balaban J connectivity index is 2.53. The van der Waals surface area contributed by atoms with E-state index in [0.29, 0.717) is 21.3 Å². The van der Waals surface area contributed by atoms with E-state index in [1.807, 2.05) is 18.2 Å². The van der Waals surface area contributed by atoms with E-state index in [9.17, 15) is 9.90 Å². The van der Waals surface area contributed by atoms with Crippen molar-refractivity contribution in [2.75, 3.05) is 5.32 Å². The highest BCUT2D eigenvalue weighted by Crippen LogP contribution is 2.35. The van der Waals surface area contributed by atoms with E-state index in [2.05, 4.69) is 21.2 Å². The molecule has 6 heteroatoms. The Kier molecular flexibility index (Phi) is 4.81. The molecule has 1 atom stereocenters. The fourth-order valence-corrected chi connectivity index (χ4v) is 2.81. The molecule has 0 radical (unpaired) electrons. The molecule has 2 aromatic rings. The molecule has 0 bridgehead atoms. The molecular formula is C15H12BrCl2NO2. The Morgan fingerprint density at radius 1 is 1.24 bits per heavy atom. The van der Waals surface area contributed by atoms with E-state index < -0.39 is 11.5 Å². The van der Waals surface area contributed by atoms with E-state index >= 15 is 0 Å². The minimum atomic E-state index is -1.41. The first-order chi connectivity index (χ1) is 9.84. The molecule has 21 heavy (non-hydrogen) atoms. The Hall–Kier alpha value is -1.23. The summed E-state index contributed by atoms with van der Waals surface area (Å²) in [4.78, 5) is 11.8. The van der Waals surface area contributed by atoms with Gasteiger partial charge in [0.2, 0.25) is 0 Å². The monoisotopic (exact) mass is 387 g/mol. The fourth-order valence-electron chi connectivity index (χ4n) is 1.95. The van der Waals surface area contributed by atoms with Gasteiger partial charge < -0.3 is 10.4 Å². The van der Waals surface area contributed by atoms with E-state index in [1.165, 1.54) is 0 Å². The fraction of sp³-hybridized carbons (Fsp3) is 0.133. The van der Waals surface area contributed by atoms with Crippen LogP contribution in [0.25, 0.3) is 0 Å². The van der Waals surface area contributed by atoms with Gasteiger partial charge in [0.25, 0.3) is 0 Å². The first kappa shape index (κ1) is 16.1. The second-order valence-electron chi connectivity index (χ2n) is 4.66. The van der Waals surface area contributed by atoms with E-state index in [4.69, 9.17) is 23.2 Å². The van der Waals surface area contributed by atoms with Crippen molar-refractivity contribution in [3.63, 3.8) is 0 Å². The predicted octanol–water partition coefficient (Wildman–Crippen LogP) is 5.17. The minimum absolute atomic E-state index is 0.337. The van der Waals surface area contributed by atoms with Crippen LogP contribution in [0.5, 0.6) is 0 Å². The van der Waals surface area contributed by atoms with Crippen LogP contribution in [0.4, 0.5) is 5.69 Å². The standard InChI is InChI=1S/C15H12BrCl2NO2/c1-15(14(20)21,10-8-9(17)6-7-12(10)18)19-13-5-3-2-4-11(13)16/h2-8,19H,1H3,(H,20,21). The highest BCUT2D eigenvalue weighted by atomic mass is 79.9. The molecule has 0 aliphatic heterocycles. The summed E-state index contributed by atoms with van der Waals surface area (Å²) >= 11 is 15.5. The van der Waals surface area contributed by atoms with Crippen LogP contribution in [0.2, 0.25) is 10.0 Å². The van der Waals surface area contributed by atoms with Gasteiger partial charge in [-0.2, -0.15) is 0 Å². The van der Waals surface area contributed by atoms with Crippen LogP contribution in [0, 0.1) is 0 Å². The largest absolute Gasteiger partial charge is 0.479 e. The molecular weight excluding hydrogens is 377 g/mol. The first-order valence-electron chi connectivity index (χ1n) is 6.06. The zero-order valence-corrected chi connectivity index (χ0v) is 14.1. The number of aliphatic carboxylic acids is 1. The summed E-state index contributed by atoms with van der Waals surface area (Å²) in [5.41, 5.74) is -0.357. The summed E-state index contributed by atoms with van der Waals surface area (Å²) < 4.78 is 0.760. The molecule has 0 saturated carbocycles. The summed E-state index contributed by atoms with van der Waals surface area (Å²) in [6.45, 7) is 1.55. The zero-order chi connectivity index (χ0) is 15.6. The lowest BCUT2D eigenvalue weighted by atomic mass is 9.91. The van der Waals surface area contributed by atoms with Gasteiger partial charge in [0.05, 0.1) is 0 Å². The number of carboxylic acid groups (broad SMARTS) is 1. The molecule has 0 fully saturated rings. The molecule has 0 saturated heterocycles. The molecule has 0 amide bonds. The maximum Gasteiger partial charge on any atom is 0.333 e. The molecule has 2 aromatic carbocycles. The third-order valence-electron chi connectivity index (χ3n) is 3.15. The molecule has 0 aliphatic rings. The van der Waals surface area contributed by atoms with Crippen LogP contribution in [0.3, 0.4) is 0 Å². The van der Waals surface area contributed by atoms with Crippen molar-refractivity contribution in [3.8, 4) is 0 Å². The van der Waals surface area contributed by atoms with Gasteiger partial charge in [0.1, 0.15) is 0 Å². The smallest absolute Gasteiger partial charge is 0.333 e. The summed E-state index contributed by atoms with van der Waals surface area (Å²) in [6, 6.07) is 12.0. The summed E-state index contributed by atoms with van der Waals surface area (Å²) in [5, 5.41) is 13.5. The van der Waals surface area contributed by atoms with Crippen LogP contribution in [-0.2, 0) is 10.3 Å². The number of carbonyl (C=O) groups is 1. The molecule has 110 valence electrons. The second-order valence-corrected chi connectivity index (χ2v) is 6.36. The minimum Gasteiger partial charge on any atom is -0.479 e. The van der Waals surface area contributed by atoms with Gasteiger partial charge in [-0.15, -0.1) is 0 Å². The van der Waals surface area contributed by atoms with Crippen molar-refractivity contribution in [2.45, 2.75) is 12.5 Å². The zero-order valence-electron chi connectivity index (χ0n) is 11.0. The quantitative estimate of drug-likeness (QED) is 0.759. The van der Waals surface area contributed by atoms with E-state index in [1.54, 1.807) is 31.2 Å². The molecule has 0 aliphatic carbocycles. The molecule has 0 heterocycles. The lowest BCUT2D eigenvalue weighted by Crippen LogP contribution is -2.40. The van der Waals surface area contributed by atoms with Gasteiger partial charge in [-0.1, -0.05) is 35.3 Å². The lowest BCUT2D eigenvalue weighted by molar-refractivity contribution is -0.142. The molecule has 0 aromatic heterocycles. The summed E-state index contributed by atoms with van der Waals surface area (Å²) in [7, 11) is 0. The molecule has 2 rings (SSSR count). The van der Waals surface area contributed by atoms with E-state index in [-0.39, 0.29) is 0 Å². The number of hydrogen-bond donors (Lipinski definition) is 2. The van der Waals surface area contributed by atoms with Crippen LogP contribution >= 0.6 is 39.1 Å². The molecule has 1 unspecified atom stereocenters. The number of hydrogen-bond acceptors (Lipinski definition) is 2. The van der Waals surface area contributed by atoms with Gasteiger partial charge in [-0.3, -0.25) is 0 Å². The Morgan fingerprint density at radius 3 is 2.52 bits per heavy atom. The molecule has 2 N–H and O–H groups in total. The highest BCUT2D eigenvalue weighted by Gasteiger charge is 2.37. The van der Waals surface area contributed by atoms with Crippen LogP contribution in [-0.4, -0.2) is 11.1 Å². The number of halogens is 3. The highest BCUT2D eigenvalue weighted by molar-refractivity contribution is 9.10. The van der Waals surface area contributed by atoms with Crippen molar-refractivity contribution in [3.05, 3.63) is 62.5 Å². The summed E-state index contributed by atoms with van der Waals surface area (Å²) in [6.07, 6.45) is 0. The number of anilines is 1. The van der Waals surface area contributed by atoms with Gasteiger partial charge in [-0.05, 0) is 53.2 Å². The molecule has 3 nitrogen and oxygen atoms in total. The first-order valence-corrected chi connectivity index (χ1v) is 7.61. The Morgan fingerprint density at radius 2 is 1.90 bits per heavy atom. The normalized spacial score (nSPS) is 13.5. The van der Waals surface area contributed by atoms with Gasteiger partial charge in [0.15, 0.2) is 5.54 Å². The number of nitrogens with one attached hydrogen (secondary N) is 1. The summed E-state index contributed by atoms with van der Waals surface area (Å²) in [5.74, 6) is -1.05. The Labute approximate surface area is 141 Å². The number of carboxylic acids is 1. The maximum absolute atomic E-state index is 11.8. The van der Waals surface area contributed by atoms with Crippen molar-refractivity contribution in [1.29, 1.82) is 0 Å². The van der Waals surface area contributed by atoms with Gasteiger partial charge in [-0.25, -0.2) is 4.79 Å². The third kappa shape index (κ3) is 3.34. The van der Waals surface area contributed by atoms with Crippen LogP contribution in [0.1, 0.15) is 12.5 Å². The lowest BCUT2D eigenvalue weighted by Gasteiger charge is -2.29.